The number of nitrogens with zero attached hydrogens (tertiary/aromatic N) is 2. The molecule has 3 nitrogen and oxygen atoms in total. The van der Waals surface area contributed by atoms with Crippen LogP contribution in [0, 0.1) is 5.92 Å². The lowest BCUT2D eigenvalue weighted by atomic mass is 10.0. The van der Waals surface area contributed by atoms with Crippen molar-refractivity contribution >= 4 is 11.6 Å². The molecule has 0 aliphatic rings. The van der Waals surface area contributed by atoms with Gasteiger partial charge in [-0.25, -0.2) is 0 Å². The summed E-state index contributed by atoms with van der Waals surface area (Å²) < 4.78 is 1.90. The first-order valence-electron chi connectivity index (χ1n) is 4.93. The molecule has 0 fully saturated rings. The molecular formula is C10H18ClN3. The van der Waals surface area contributed by atoms with E-state index in [-0.39, 0.29) is 6.04 Å². The Kier molecular flexibility index (Phi) is 3.56. The van der Waals surface area contributed by atoms with Gasteiger partial charge in [0, 0.05) is 6.04 Å². The van der Waals surface area contributed by atoms with Crippen molar-refractivity contribution < 1.29 is 0 Å². The maximum atomic E-state index is 6.08. The molecule has 1 atom stereocenters. The summed E-state index contributed by atoms with van der Waals surface area (Å²) in [6.45, 7) is 8.30. The molecule has 1 unspecified atom stereocenters. The van der Waals surface area contributed by atoms with Gasteiger partial charge in [-0.15, -0.1) is 0 Å². The largest absolute Gasteiger partial charge is 0.322 e. The molecular weight excluding hydrogens is 198 g/mol. The Hall–Kier alpha value is -0.540. The van der Waals surface area contributed by atoms with Crippen LogP contribution in [0.25, 0.3) is 0 Å². The second-order valence-corrected chi connectivity index (χ2v) is 4.59. The van der Waals surface area contributed by atoms with Gasteiger partial charge < -0.3 is 5.73 Å². The number of nitrogens with two attached hydrogens (primary N) is 1. The zero-order valence-electron chi connectivity index (χ0n) is 9.16. The van der Waals surface area contributed by atoms with Crippen LogP contribution >= 0.6 is 11.6 Å². The van der Waals surface area contributed by atoms with E-state index in [4.69, 9.17) is 17.3 Å². The average molecular weight is 216 g/mol. The lowest BCUT2D eigenvalue weighted by Gasteiger charge is -2.20. The van der Waals surface area contributed by atoms with Gasteiger partial charge in [-0.05, 0) is 19.8 Å². The quantitative estimate of drug-likeness (QED) is 0.843. The van der Waals surface area contributed by atoms with E-state index < -0.39 is 0 Å². The third-order valence-electron chi connectivity index (χ3n) is 2.31. The van der Waals surface area contributed by atoms with Crippen molar-refractivity contribution in [3.05, 3.63) is 16.9 Å². The molecule has 1 aromatic heterocycles. The Labute approximate surface area is 90.2 Å². The minimum absolute atomic E-state index is 0.0487. The van der Waals surface area contributed by atoms with Crippen molar-refractivity contribution in [2.75, 3.05) is 0 Å². The van der Waals surface area contributed by atoms with Crippen molar-refractivity contribution in [2.24, 2.45) is 11.7 Å². The molecule has 0 amide bonds. The molecule has 0 aromatic carbocycles. The number of hydrogen-bond donors (Lipinski definition) is 1. The van der Waals surface area contributed by atoms with E-state index in [2.05, 4.69) is 32.8 Å². The number of aromatic nitrogens is 2. The maximum absolute atomic E-state index is 6.08. The maximum Gasteiger partial charge on any atom is 0.0834 e. The first-order valence-corrected chi connectivity index (χ1v) is 5.31. The van der Waals surface area contributed by atoms with Crippen molar-refractivity contribution in [1.82, 2.24) is 9.78 Å². The van der Waals surface area contributed by atoms with E-state index in [0.29, 0.717) is 17.0 Å². The molecule has 1 aromatic rings. The van der Waals surface area contributed by atoms with Gasteiger partial charge in [0.2, 0.25) is 0 Å². The van der Waals surface area contributed by atoms with Gasteiger partial charge in [-0.3, -0.25) is 4.68 Å². The molecule has 14 heavy (non-hydrogen) atoms. The summed E-state index contributed by atoms with van der Waals surface area (Å²) >= 11 is 6.06. The highest BCUT2D eigenvalue weighted by Gasteiger charge is 2.20. The van der Waals surface area contributed by atoms with Crippen LogP contribution in [0.15, 0.2) is 6.20 Å². The van der Waals surface area contributed by atoms with Gasteiger partial charge >= 0.3 is 0 Å². The van der Waals surface area contributed by atoms with E-state index in [1.54, 1.807) is 6.20 Å². The second-order valence-electron chi connectivity index (χ2n) is 4.19. The average Bonchev–Trinajstić information content (AvgIpc) is 2.45. The monoisotopic (exact) mass is 215 g/mol. The zero-order chi connectivity index (χ0) is 10.9. The predicted molar refractivity (Wildman–Crippen MR) is 59.4 cm³/mol. The molecule has 0 saturated heterocycles. The highest BCUT2D eigenvalue weighted by molar-refractivity contribution is 6.31. The predicted octanol–water partition coefficient (Wildman–Crippen LogP) is 2.77. The third kappa shape index (κ3) is 2.10. The molecule has 0 aliphatic heterocycles. The normalized spacial score (nSPS) is 14.0. The van der Waals surface area contributed by atoms with Crippen LogP contribution < -0.4 is 5.73 Å². The summed E-state index contributed by atoms with van der Waals surface area (Å²) in [6, 6.07) is 0.245. The van der Waals surface area contributed by atoms with Gasteiger partial charge in [-0.2, -0.15) is 5.10 Å². The number of hydrogen-bond acceptors (Lipinski definition) is 2. The van der Waals surface area contributed by atoms with Crippen LogP contribution in [-0.2, 0) is 0 Å². The van der Waals surface area contributed by atoms with Gasteiger partial charge in [0.1, 0.15) is 0 Å². The molecule has 0 bridgehead atoms. The number of rotatable bonds is 3. The van der Waals surface area contributed by atoms with Gasteiger partial charge in [0.25, 0.3) is 0 Å². The van der Waals surface area contributed by atoms with Crippen LogP contribution in [0.3, 0.4) is 0 Å². The Morgan fingerprint density at radius 2 is 1.93 bits per heavy atom. The van der Waals surface area contributed by atoms with Crippen LogP contribution in [0.1, 0.15) is 45.5 Å². The van der Waals surface area contributed by atoms with Crippen molar-refractivity contribution in [2.45, 2.75) is 39.8 Å². The lowest BCUT2D eigenvalue weighted by molar-refractivity contribution is 0.434. The first kappa shape index (κ1) is 11.5. The third-order valence-corrected chi connectivity index (χ3v) is 2.60. The first-order chi connectivity index (χ1) is 6.45. The fourth-order valence-corrected chi connectivity index (χ4v) is 1.65. The van der Waals surface area contributed by atoms with Crippen molar-refractivity contribution in [3.63, 3.8) is 0 Å². The topological polar surface area (TPSA) is 43.8 Å². The summed E-state index contributed by atoms with van der Waals surface area (Å²) in [5.74, 6) is 0.363. The molecule has 2 N–H and O–H groups in total. The van der Waals surface area contributed by atoms with Gasteiger partial charge in [-0.1, -0.05) is 25.4 Å². The summed E-state index contributed by atoms with van der Waals surface area (Å²) in [4.78, 5) is 0. The van der Waals surface area contributed by atoms with Crippen molar-refractivity contribution in [3.8, 4) is 0 Å². The molecule has 0 radical (unpaired) electrons. The fourth-order valence-electron chi connectivity index (χ4n) is 1.39. The Morgan fingerprint density at radius 1 is 1.36 bits per heavy atom. The molecule has 4 heteroatoms. The van der Waals surface area contributed by atoms with Crippen molar-refractivity contribution in [1.29, 1.82) is 0 Å². The summed E-state index contributed by atoms with van der Waals surface area (Å²) in [6.07, 6.45) is 1.67. The highest BCUT2D eigenvalue weighted by Crippen LogP contribution is 2.28. The zero-order valence-corrected chi connectivity index (χ0v) is 9.92. The molecule has 1 heterocycles. The van der Waals surface area contributed by atoms with E-state index in [9.17, 15) is 0 Å². The SMILES string of the molecule is CC(C)C(N)c1c(Cl)cnn1C(C)C. The van der Waals surface area contributed by atoms with E-state index in [1.807, 2.05) is 4.68 Å². The van der Waals surface area contributed by atoms with E-state index in [0.717, 1.165) is 5.69 Å². The summed E-state index contributed by atoms with van der Waals surface area (Å²) in [7, 11) is 0. The second kappa shape index (κ2) is 4.32. The fraction of sp³-hybridized carbons (Fsp3) is 0.700. The van der Waals surface area contributed by atoms with Crippen LogP contribution in [0.2, 0.25) is 5.02 Å². The highest BCUT2D eigenvalue weighted by atomic mass is 35.5. The van der Waals surface area contributed by atoms with Crippen LogP contribution in [-0.4, -0.2) is 9.78 Å². The van der Waals surface area contributed by atoms with E-state index in [1.165, 1.54) is 0 Å². The standard InChI is InChI=1S/C10H18ClN3/c1-6(2)9(12)10-8(11)5-13-14(10)7(3)4/h5-7,9H,12H2,1-4H3. The van der Waals surface area contributed by atoms with Gasteiger partial charge in [0.05, 0.1) is 23.0 Å². The summed E-state index contributed by atoms with van der Waals surface area (Å²) in [5.41, 5.74) is 7.02. The van der Waals surface area contributed by atoms with Crippen LogP contribution in [0.5, 0.6) is 0 Å². The minimum Gasteiger partial charge on any atom is -0.322 e. The Morgan fingerprint density at radius 3 is 2.36 bits per heavy atom. The smallest absolute Gasteiger partial charge is 0.0834 e. The van der Waals surface area contributed by atoms with Crippen LogP contribution in [0.4, 0.5) is 0 Å². The minimum atomic E-state index is -0.0487. The molecule has 0 aliphatic carbocycles. The Balaban J connectivity index is 3.10. The molecule has 1 rings (SSSR count). The Bertz CT molecular complexity index is 304. The summed E-state index contributed by atoms with van der Waals surface area (Å²) in [5, 5.41) is 4.89. The molecule has 0 spiro atoms. The lowest BCUT2D eigenvalue weighted by Crippen LogP contribution is -2.22. The molecule has 0 saturated carbocycles. The van der Waals surface area contributed by atoms with E-state index >= 15 is 0 Å². The molecule has 80 valence electrons. The number of halogens is 1. The van der Waals surface area contributed by atoms with Gasteiger partial charge in [0.15, 0.2) is 0 Å².